The highest BCUT2D eigenvalue weighted by Crippen LogP contribution is 2.37. The lowest BCUT2D eigenvalue weighted by atomic mass is 9.77. The van der Waals surface area contributed by atoms with Crippen molar-refractivity contribution in [1.82, 2.24) is 20.2 Å². The van der Waals surface area contributed by atoms with Crippen LogP contribution in [0.1, 0.15) is 71.4 Å². The van der Waals surface area contributed by atoms with Gasteiger partial charge in [0.2, 0.25) is 11.8 Å². The first-order valence-corrected chi connectivity index (χ1v) is 11.4. The maximum atomic E-state index is 13.2. The highest BCUT2D eigenvalue weighted by Gasteiger charge is 2.28. The maximum Gasteiger partial charge on any atom is 0.263 e. The Kier molecular flexibility index (Phi) is 5.59. The molecule has 32 heavy (non-hydrogen) atoms. The molecule has 1 aromatic carbocycles. The van der Waals surface area contributed by atoms with Gasteiger partial charge in [0.05, 0.1) is 5.69 Å². The van der Waals surface area contributed by atoms with Gasteiger partial charge in [0.15, 0.2) is 0 Å². The zero-order valence-corrected chi connectivity index (χ0v) is 18.3. The fourth-order valence-corrected chi connectivity index (χ4v) is 5.04. The molecule has 166 valence electrons. The smallest absolute Gasteiger partial charge is 0.263 e. The average molecular weight is 433 g/mol. The lowest BCUT2D eigenvalue weighted by Gasteiger charge is -2.28. The molecule has 2 aliphatic rings. The standard InChI is InChI=1S/C24H28N6O2/c1-15-28-29-21(32-15)13-16-4-6-17(7-5-16)18-8-10-19(11-9-18)30-12-2-3-20-22(24(30)31)23(25)27-14-26-20/h8-11,14,16-17H,2-7,12-13H2,1H3,(H2,25,26,27)/t16-,17-. The van der Waals surface area contributed by atoms with E-state index in [1.165, 1.54) is 11.9 Å². The molecule has 2 aromatic heterocycles. The topological polar surface area (TPSA) is 111 Å². The van der Waals surface area contributed by atoms with Crippen LogP contribution >= 0.6 is 0 Å². The van der Waals surface area contributed by atoms with Gasteiger partial charge in [-0.3, -0.25) is 4.79 Å². The van der Waals surface area contributed by atoms with E-state index in [9.17, 15) is 4.79 Å². The number of anilines is 2. The molecule has 0 bridgehead atoms. The van der Waals surface area contributed by atoms with Crippen LogP contribution in [0, 0.1) is 12.8 Å². The van der Waals surface area contributed by atoms with E-state index in [4.69, 9.17) is 10.2 Å². The summed E-state index contributed by atoms with van der Waals surface area (Å²) in [5.41, 5.74) is 9.44. The average Bonchev–Trinajstić information content (AvgIpc) is 3.13. The van der Waals surface area contributed by atoms with E-state index in [0.29, 0.717) is 29.8 Å². The lowest BCUT2D eigenvalue weighted by Crippen LogP contribution is -2.31. The molecule has 3 heterocycles. The Morgan fingerprint density at radius 2 is 1.88 bits per heavy atom. The van der Waals surface area contributed by atoms with Gasteiger partial charge in [-0.2, -0.15) is 0 Å². The normalized spacial score (nSPS) is 21.3. The monoisotopic (exact) mass is 432 g/mol. The predicted molar refractivity (Wildman–Crippen MR) is 120 cm³/mol. The third kappa shape index (κ3) is 4.09. The summed E-state index contributed by atoms with van der Waals surface area (Å²) in [6.07, 6.45) is 8.52. The van der Waals surface area contributed by atoms with Crippen molar-refractivity contribution in [3.05, 3.63) is 59.2 Å². The van der Waals surface area contributed by atoms with Gasteiger partial charge in [-0.15, -0.1) is 10.2 Å². The van der Waals surface area contributed by atoms with E-state index < -0.39 is 0 Å². The molecule has 1 saturated carbocycles. The number of aryl methyl sites for hydroxylation is 2. The number of aromatic nitrogens is 4. The van der Waals surface area contributed by atoms with Crippen molar-refractivity contribution < 1.29 is 9.21 Å². The minimum Gasteiger partial charge on any atom is -0.426 e. The molecular weight excluding hydrogens is 404 g/mol. The van der Waals surface area contributed by atoms with E-state index in [1.807, 2.05) is 6.92 Å². The minimum atomic E-state index is -0.111. The summed E-state index contributed by atoms with van der Waals surface area (Å²) < 4.78 is 5.55. The second kappa shape index (κ2) is 8.68. The van der Waals surface area contributed by atoms with Gasteiger partial charge in [-0.1, -0.05) is 12.1 Å². The molecule has 8 nitrogen and oxygen atoms in total. The van der Waals surface area contributed by atoms with Gasteiger partial charge >= 0.3 is 0 Å². The first kappa shape index (κ1) is 20.6. The Hall–Kier alpha value is -3.29. The number of carbonyl (C=O) groups excluding carboxylic acids is 1. The molecule has 8 heteroatoms. The zero-order chi connectivity index (χ0) is 22.1. The van der Waals surface area contributed by atoms with Crippen molar-refractivity contribution >= 4 is 17.4 Å². The van der Waals surface area contributed by atoms with Crippen LogP contribution in [0.3, 0.4) is 0 Å². The van der Waals surface area contributed by atoms with E-state index in [2.05, 4.69) is 44.4 Å². The highest BCUT2D eigenvalue weighted by molar-refractivity contribution is 6.09. The van der Waals surface area contributed by atoms with E-state index in [0.717, 1.165) is 62.2 Å². The van der Waals surface area contributed by atoms with Crippen LogP contribution in [0.25, 0.3) is 0 Å². The maximum absolute atomic E-state index is 13.2. The Morgan fingerprint density at radius 1 is 1.09 bits per heavy atom. The molecule has 1 amide bonds. The number of hydrogen-bond acceptors (Lipinski definition) is 7. The van der Waals surface area contributed by atoms with Crippen LogP contribution in [-0.2, 0) is 12.8 Å². The molecule has 0 atom stereocenters. The number of benzene rings is 1. The fraction of sp³-hybridized carbons (Fsp3) is 0.458. The van der Waals surface area contributed by atoms with E-state index >= 15 is 0 Å². The summed E-state index contributed by atoms with van der Waals surface area (Å²) in [6.45, 7) is 2.48. The second-order valence-corrected chi connectivity index (χ2v) is 8.87. The number of fused-ring (bicyclic) bond motifs is 1. The summed E-state index contributed by atoms with van der Waals surface area (Å²) >= 11 is 0. The van der Waals surface area contributed by atoms with Gasteiger partial charge in [0.25, 0.3) is 5.91 Å². The van der Waals surface area contributed by atoms with Crippen LogP contribution in [-0.4, -0.2) is 32.6 Å². The van der Waals surface area contributed by atoms with E-state index in [-0.39, 0.29) is 11.7 Å². The van der Waals surface area contributed by atoms with Crippen molar-refractivity contribution in [2.24, 2.45) is 5.92 Å². The van der Waals surface area contributed by atoms with Crippen molar-refractivity contribution in [1.29, 1.82) is 0 Å². The summed E-state index contributed by atoms with van der Waals surface area (Å²) in [5, 5.41) is 8.07. The summed E-state index contributed by atoms with van der Waals surface area (Å²) in [4.78, 5) is 23.3. The van der Waals surface area contributed by atoms with E-state index in [1.54, 1.807) is 4.90 Å². The number of carbonyl (C=O) groups is 1. The SMILES string of the molecule is Cc1nnc(C[C@H]2CC[C@H](c3ccc(N4CCCc5ncnc(N)c5C4=O)cc3)CC2)o1. The van der Waals surface area contributed by atoms with Crippen LogP contribution in [0.5, 0.6) is 0 Å². The first-order valence-electron chi connectivity index (χ1n) is 11.4. The van der Waals surface area contributed by atoms with Crippen molar-refractivity contribution in [2.45, 2.75) is 57.8 Å². The largest absolute Gasteiger partial charge is 0.426 e. The molecule has 1 aliphatic carbocycles. The number of hydrogen-bond donors (Lipinski definition) is 1. The van der Waals surface area contributed by atoms with Gasteiger partial charge in [-0.25, -0.2) is 9.97 Å². The van der Waals surface area contributed by atoms with Crippen LogP contribution in [0.4, 0.5) is 11.5 Å². The molecule has 0 radical (unpaired) electrons. The van der Waals surface area contributed by atoms with Crippen LogP contribution in [0.15, 0.2) is 35.0 Å². The van der Waals surface area contributed by atoms with Gasteiger partial charge in [-0.05, 0) is 68.1 Å². The molecule has 1 aliphatic heterocycles. The molecule has 5 rings (SSSR count). The third-order valence-electron chi connectivity index (χ3n) is 6.76. The van der Waals surface area contributed by atoms with Gasteiger partial charge < -0.3 is 15.1 Å². The first-order chi connectivity index (χ1) is 15.6. The van der Waals surface area contributed by atoms with Crippen molar-refractivity contribution in [3.8, 4) is 0 Å². The number of nitrogens with zero attached hydrogens (tertiary/aromatic N) is 5. The lowest BCUT2D eigenvalue weighted by molar-refractivity contribution is 0.0989. The number of amides is 1. The molecule has 0 saturated heterocycles. The molecule has 2 N–H and O–H groups in total. The minimum absolute atomic E-state index is 0.111. The molecule has 0 unspecified atom stereocenters. The molecule has 0 spiro atoms. The van der Waals surface area contributed by atoms with Gasteiger partial charge in [0.1, 0.15) is 17.7 Å². The number of nitrogens with two attached hydrogens (primary N) is 1. The van der Waals surface area contributed by atoms with Crippen molar-refractivity contribution in [2.75, 3.05) is 17.2 Å². The fourth-order valence-electron chi connectivity index (χ4n) is 5.04. The summed E-state index contributed by atoms with van der Waals surface area (Å²) in [6, 6.07) is 8.47. The molecule has 3 aromatic rings. The number of nitrogen functional groups attached to an aromatic ring is 1. The summed E-state index contributed by atoms with van der Waals surface area (Å²) in [7, 11) is 0. The molecular formula is C24H28N6O2. The Bertz CT molecular complexity index is 1100. The second-order valence-electron chi connectivity index (χ2n) is 8.87. The quantitative estimate of drug-likeness (QED) is 0.666. The van der Waals surface area contributed by atoms with Crippen LogP contribution < -0.4 is 10.6 Å². The Labute approximate surface area is 187 Å². The Balaban J connectivity index is 1.25. The van der Waals surface area contributed by atoms with Gasteiger partial charge in [0, 0.05) is 25.6 Å². The zero-order valence-electron chi connectivity index (χ0n) is 18.3. The Morgan fingerprint density at radius 3 is 2.59 bits per heavy atom. The van der Waals surface area contributed by atoms with Crippen molar-refractivity contribution in [3.63, 3.8) is 0 Å². The third-order valence-corrected chi connectivity index (χ3v) is 6.76. The predicted octanol–water partition coefficient (Wildman–Crippen LogP) is 3.86. The highest BCUT2D eigenvalue weighted by atomic mass is 16.4. The summed E-state index contributed by atoms with van der Waals surface area (Å²) in [5.74, 6) is 2.69. The molecule has 1 fully saturated rings. The van der Waals surface area contributed by atoms with Crippen LogP contribution in [0.2, 0.25) is 0 Å². The number of rotatable bonds is 4.